The number of pyridine rings is 1. The van der Waals surface area contributed by atoms with Gasteiger partial charge in [-0.1, -0.05) is 18.2 Å². The number of hydrogen-bond donors (Lipinski definition) is 3. The number of hydrazine groups is 1. The van der Waals surface area contributed by atoms with E-state index in [1.165, 1.54) is 0 Å². The van der Waals surface area contributed by atoms with E-state index in [0.29, 0.717) is 10.7 Å². The van der Waals surface area contributed by atoms with E-state index < -0.39 is 0 Å². The van der Waals surface area contributed by atoms with E-state index in [-0.39, 0.29) is 5.91 Å². The van der Waals surface area contributed by atoms with Crippen LogP contribution in [0, 0.1) is 13.8 Å². The van der Waals surface area contributed by atoms with Crippen molar-refractivity contribution in [3.63, 3.8) is 0 Å². The summed E-state index contributed by atoms with van der Waals surface area (Å²) in [6.07, 6.45) is 3.12. The molecule has 0 unspecified atom stereocenters. The third-order valence-electron chi connectivity index (χ3n) is 2.95. The van der Waals surface area contributed by atoms with Gasteiger partial charge in [0.1, 0.15) is 0 Å². The van der Waals surface area contributed by atoms with Gasteiger partial charge in [-0.05, 0) is 49.3 Å². The molecule has 1 heterocycles. The predicted octanol–water partition coefficient (Wildman–Crippen LogP) is 2.33. The number of benzene rings is 1. The Kier molecular flexibility index (Phi) is 4.84. The number of thiocarbonyl (C=S) groups is 1. The topological polar surface area (TPSA) is 66.0 Å². The van der Waals surface area contributed by atoms with Gasteiger partial charge in [0.2, 0.25) is 0 Å². The molecule has 6 heteroatoms. The number of nitrogens with zero attached hydrogens (tertiary/aromatic N) is 1. The maximum absolute atomic E-state index is 11.8. The van der Waals surface area contributed by atoms with Crippen molar-refractivity contribution in [1.82, 2.24) is 15.8 Å². The van der Waals surface area contributed by atoms with Crippen LogP contribution in [-0.2, 0) is 0 Å². The van der Waals surface area contributed by atoms with Gasteiger partial charge in [0.25, 0.3) is 5.91 Å². The summed E-state index contributed by atoms with van der Waals surface area (Å²) in [6, 6.07) is 9.22. The average molecular weight is 300 g/mol. The zero-order chi connectivity index (χ0) is 15.2. The molecule has 5 nitrogen and oxygen atoms in total. The number of rotatable bonds is 2. The van der Waals surface area contributed by atoms with E-state index in [1.807, 2.05) is 32.0 Å². The van der Waals surface area contributed by atoms with Gasteiger partial charge in [-0.15, -0.1) is 0 Å². The van der Waals surface area contributed by atoms with Crippen LogP contribution in [0.25, 0.3) is 0 Å². The van der Waals surface area contributed by atoms with Gasteiger partial charge >= 0.3 is 0 Å². The predicted molar refractivity (Wildman–Crippen MR) is 87.0 cm³/mol. The molecular weight excluding hydrogens is 284 g/mol. The summed E-state index contributed by atoms with van der Waals surface area (Å²) >= 11 is 5.17. The number of aryl methyl sites for hydroxylation is 2. The largest absolute Gasteiger partial charge is 0.331 e. The molecule has 0 atom stereocenters. The van der Waals surface area contributed by atoms with Gasteiger partial charge in [-0.25, -0.2) is 0 Å². The lowest BCUT2D eigenvalue weighted by molar-refractivity contribution is 0.0944. The summed E-state index contributed by atoms with van der Waals surface area (Å²) in [4.78, 5) is 15.7. The number of carbonyl (C=O) groups excluding carboxylic acids is 1. The van der Waals surface area contributed by atoms with Crippen molar-refractivity contribution in [3.05, 3.63) is 59.4 Å². The van der Waals surface area contributed by atoms with Gasteiger partial charge in [0.15, 0.2) is 5.11 Å². The Hall–Kier alpha value is -2.47. The molecule has 3 N–H and O–H groups in total. The molecule has 0 spiro atoms. The van der Waals surface area contributed by atoms with Gasteiger partial charge in [0, 0.05) is 23.6 Å². The van der Waals surface area contributed by atoms with Crippen LogP contribution in [0.5, 0.6) is 0 Å². The lowest BCUT2D eigenvalue weighted by atomic mass is 10.1. The van der Waals surface area contributed by atoms with Gasteiger partial charge in [0.05, 0.1) is 0 Å². The summed E-state index contributed by atoms with van der Waals surface area (Å²) in [6.45, 7) is 3.99. The average Bonchev–Trinajstić information content (AvgIpc) is 2.49. The number of anilines is 1. The third-order valence-corrected chi connectivity index (χ3v) is 3.16. The second-order valence-electron chi connectivity index (χ2n) is 4.54. The van der Waals surface area contributed by atoms with E-state index in [1.54, 1.807) is 24.5 Å². The summed E-state index contributed by atoms with van der Waals surface area (Å²) < 4.78 is 0. The van der Waals surface area contributed by atoms with E-state index in [4.69, 9.17) is 12.2 Å². The molecule has 0 saturated carbocycles. The van der Waals surface area contributed by atoms with Crippen LogP contribution in [0.2, 0.25) is 0 Å². The van der Waals surface area contributed by atoms with Crippen molar-refractivity contribution in [1.29, 1.82) is 0 Å². The minimum atomic E-state index is -0.275. The van der Waals surface area contributed by atoms with E-state index in [9.17, 15) is 4.79 Å². The van der Waals surface area contributed by atoms with Crippen molar-refractivity contribution >= 4 is 28.9 Å². The Labute approximate surface area is 128 Å². The number of hydrogen-bond acceptors (Lipinski definition) is 3. The van der Waals surface area contributed by atoms with E-state index in [2.05, 4.69) is 21.2 Å². The molecule has 0 aliphatic rings. The van der Waals surface area contributed by atoms with Crippen LogP contribution in [0.4, 0.5) is 5.69 Å². The number of para-hydroxylation sites is 1. The third kappa shape index (κ3) is 4.00. The molecule has 108 valence electrons. The van der Waals surface area contributed by atoms with Crippen LogP contribution in [0.15, 0.2) is 42.7 Å². The smallest absolute Gasteiger partial charge is 0.269 e. The molecule has 0 aliphatic heterocycles. The van der Waals surface area contributed by atoms with Crippen LogP contribution in [0.1, 0.15) is 21.5 Å². The molecule has 2 aromatic rings. The van der Waals surface area contributed by atoms with Crippen molar-refractivity contribution in [2.45, 2.75) is 13.8 Å². The Morgan fingerprint density at radius 1 is 1.05 bits per heavy atom. The monoisotopic (exact) mass is 300 g/mol. The maximum atomic E-state index is 11.8. The number of amides is 1. The fraction of sp³-hybridized carbons (Fsp3) is 0.133. The summed E-state index contributed by atoms with van der Waals surface area (Å²) in [5.41, 5.74) is 8.83. The summed E-state index contributed by atoms with van der Waals surface area (Å²) in [5.74, 6) is -0.275. The fourth-order valence-electron chi connectivity index (χ4n) is 1.85. The number of carbonyl (C=O) groups is 1. The second kappa shape index (κ2) is 6.81. The fourth-order valence-corrected chi connectivity index (χ4v) is 2.00. The lowest BCUT2D eigenvalue weighted by Crippen LogP contribution is -2.43. The Balaban J connectivity index is 1.92. The highest BCUT2D eigenvalue weighted by Gasteiger charge is 2.07. The van der Waals surface area contributed by atoms with Crippen LogP contribution < -0.4 is 16.2 Å². The first-order valence-corrected chi connectivity index (χ1v) is 6.82. The van der Waals surface area contributed by atoms with Crippen molar-refractivity contribution < 1.29 is 4.79 Å². The normalized spacial score (nSPS) is 9.81. The van der Waals surface area contributed by atoms with Crippen molar-refractivity contribution in [3.8, 4) is 0 Å². The maximum Gasteiger partial charge on any atom is 0.269 e. The molecule has 0 aliphatic carbocycles. The molecule has 1 aromatic carbocycles. The zero-order valence-corrected chi connectivity index (χ0v) is 12.6. The van der Waals surface area contributed by atoms with Crippen LogP contribution >= 0.6 is 12.2 Å². The first-order chi connectivity index (χ1) is 10.1. The second-order valence-corrected chi connectivity index (χ2v) is 4.94. The molecule has 1 amide bonds. The highest BCUT2D eigenvalue weighted by Crippen LogP contribution is 2.18. The zero-order valence-electron chi connectivity index (χ0n) is 11.8. The van der Waals surface area contributed by atoms with Crippen LogP contribution in [0.3, 0.4) is 0 Å². The minimum absolute atomic E-state index is 0.275. The van der Waals surface area contributed by atoms with Gasteiger partial charge in [-0.3, -0.25) is 20.6 Å². The highest BCUT2D eigenvalue weighted by molar-refractivity contribution is 7.80. The summed E-state index contributed by atoms with van der Waals surface area (Å²) in [7, 11) is 0. The van der Waals surface area contributed by atoms with Crippen LogP contribution in [-0.4, -0.2) is 16.0 Å². The highest BCUT2D eigenvalue weighted by atomic mass is 32.1. The number of aromatic nitrogens is 1. The standard InChI is InChI=1S/C15H16N4OS/c1-10-4-3-5-11(2)13(10)17-15(21)19-18-14(20)12-6-8-16-9-7-12/h3-9H,1-2H3,(H,18,20)(H2,17,19,21). The summed E-state index contributed by atoms with van der Waals surface area (Å²) in [5, 5.41) is 3.41. The van der Waals surface area contributed by atoms with Crippen molar-refractivity contribution in [2.24, 2.45) is 0 Å². The van der Waals surface area contributed by atoms with E-state index >= 15 is 0 Å². The lowest BCUT2D eigenvalue weighted by Gasteiger charge is -2.15. The molecule has 0 fully saturated rings. The molecule has 21 heavy (non-hydrogen) atoms. The first kappa shape index (κ1) is 14.9. The van der Waals surface area contributed by atoms with Gasteiger partial charge in [-0.2, -0.15) is 0 Å². The Morgan fingerprint density at radius 2 is 1.67 bits per heavy atom. The first-order valence-electron chi connectivity index (χ1n) is 6.41. The van der Waals surface area contributed by atoms with Crippen molar-refractivity contribution in [2.75, 3.05) is 5.32 Å². The molecule has 2 rings (SSSR count). The quantitative estimate of drug-likeness (QED) is 0.587. The molecule has 0 saturated heterocycles. The Bertz CT molecular complexity index is 638. The molecule has 0 bridgehead atoms. The Morgan fingerprint density at radius 3 is 2.29 bits per heavy atom. The van der Waals surface area contributed by atoms with Gasteiger partial charge < -0.3 is 5.32 Å². The molecule has 1 aromatic heterocycles. The van der Waals surface area contributed by atoms with E-state index in [0.717, 1.165) is 16.8 Å². The minimum Gasteiger partial charge on any atom is -0.331 e. The number of nitrogens with one attached hydrogen (secondary N) is 3. The molecular formula is C15H16N4OS. The SMILES string of the molecule is Cc1cccc(C)c1NC(=S)NNC(=O)c1ccncc1. The molecule has 0 radical (unpaired) electrons.